The maximum atomic E-state index is 12.5. The minimum absolute atomic E-state index is 0.00568. The minimum Gasteiger partial charge on any atom is -0.508 e. The molecule has 0 aliphatic heterocycles. The zero-order chi connectivity index (χ0) is 21.4. The van der Waals surface area contributed by atoms with Crippen LogP contribution in [0.25, 0.3) is 0 Å². The molecule has 0 aliphatic rings. The number of para-hydroxylation sites is 1. The fourth-order valence-electron chi connectivity index (χ4n) is 2.76. The van der Waals surface area contributed by atoms with Crippen LogP contribution in [-0.4, -0.2) is 29.5 Å². The van der Waals surface area contributed by atoms with Crippen LogP contribution < -0.4 is 5.32 Å². The molecule has 8 heteroatoms. The molecule has 2 N–H and O–H groups in total. The molecule has 0 unspecified atom stereocenters. The van der Waals surface area contributed by atoms with Crippen molar-refractivity contribution in [3.05, 3.63) is 58.6 Å². The van der Waals surface area contributed by atoms with Gasteiger partial charge in [-0.15, -0.1) is 0 Å². The Hall–Kier alpha value is -2.19. The number of carbonyl (C=O) groups is 2. The van der Waals surface area contributed by atoms with Gasteiger partial charge in [0.1, 0.15) is 11.9 Å². The lowest BCUT2D eigenvalue weighted by atomic mass is 9.79. The summed E-state index contributed by atoms with van der Waals surface area (Å²) in [6, 6.07) is 13.9. The van der Waals surface area contributed by atoms with Crippen molar-refractivity contribution < 1.29 is 24.2 Å². The van der Waals surface area contributed by atoms with E-state index < -0.39 is 23.6 Å². The van der Waals surface area contributed by atoms with Gasteiger partial charge in [-0.1, -0.05) is 48.0 Å². The topological polar surface area (TPSA) is 84.9 Å². The number of thiol groups is 1. The van der Waals surface area contributed by atoms with Crippen molar-refractivity contribution in [2.45, 2.75) is 26.4 Å². The second-order valence-electron chi connectivity index (χ2n) is 7.10. The molecule has 29 heavy (non-hydrogen) atoms. The lowest BCUT2D eigenvalue weighted by Crippen LogP contribution is -2.30. The van der Waals surface area contributed by atoms with Crippen LogP contribution in [0.5, 0.6) is 5.75 Å². The fourth-order valence-corrected chi connectivity index (χ4v) is 3.23. The van der Waals surface area contributed by atoms with Gasteiger partial charge in [0.05, 0.1) is 12.4 Å². The van der Waals surface area contributed by atoms with Gasteiger partial charge in [0.15, 0.2) is 0 Å². The number of hydrogen-bond acceptors (Lipinski definition) is 6. The molecule has 0 fully saturated rings. The van der Waals surface area contributed by atoms with E-state index in [0.29, 0.717) is 17.7 Å². The molecule has 0 radical (unpaired) electrons. The molecule has 0 spiro atoms. The van der Waals surface area contributed by atoms with E-state index in [9.17, 15) is 14.7 Å². The van der Waals surface area contributed by atoms with Gasteiger partial charge < -0.3 is 14.6 Å². The molecule has 0 saturated carbocycles. The zero-order valence-electron chi connectivity index (χ0n) is 16.2. The highest BCUT2D eigenvalue weighted by atomic mass is 79.9. The summed E-state index contributed by atoms with van der Waals surface area (Å²) in [6.45, 7) is 3.89. The van der Waals surface area contributed by atoms with Crippen molar-refractivity contribution in [2.24, 2.45) is 5.41 Å². The highest BCUT2D eigenvalue weighted by molar-refractivity contribution is 9.10. The number of anilines is 1. The van der Waals surface area contributed by atoms with Crippen molar-refractivity contribution in [1.82, 2.24) is 0 Å². The van der Waals surface area contributed by atoms with Gasteiger partial charge in [0.2, 0.25) is 0 Å². The van der Waals surface area contributed by atoms with E-state index in [1.165, 1.54) is 6.07 Å². The largest absolute Gasteiger partial charge is 0.508 e. The van der Waals surface area contributed by atoms with E-state index in [2.05, 4.69) is 33.9 Å². The van der Waals surface area contributed by atoms with Crippen LogP contribution in [0.4, 0.5) is 10.5 Å². The van der Waals surface area contributed by atoms with Crippen molar-refractivity contribution in [3.63, 3.8) is 0 Å². The molecule has 2 aromatic rings. The lowest BCUT2D eigenvalue weighted by Gasteiger charge is -2.34. The molecule has 1 amide bonds. The Morgan fingerprint density at radius 2 is 1.90 bits per heavy atom. The summed E-state index contributed by atoms with van der Waals surface area (Å²) in [5.41, 5.74) is 0.395. The standard InChI is InChI=1S/C21H24BrNO5S/c1-21(2,10-11-27-18(25)13-29)19(16-12-14(22)8-9-17(16)24)28-20(26)23-15-6-4-3-5-7-15/h3-9,12,19,24,29H,10-11,13H2,1-2H3,(H,23,26)/t19-/m1/s1. The predicted octanol–water partition coefficient (Wildman–Crippen LogP) is 5.33. The van der Waals surface area contributed by atoms with Crippen molar-refractivity contribution in [2.75, 3.05) is 17.7 Å². The van der Waals surface area contributed by atoms with Gasteiger partial charge in [-0.3, -0.25) is 10.1 Å². The maximum Gasteiger partial charge on any atom is 0.412 e. The van der Waals surface area contributed by atoms with Crippen LogP contribution in [0.2, 0.25) is 0 Å². The third-order valence-corrected chi connectivity index (χ3v) is 5.12. The van der Waals surface area contributed by atoms with E-state index in [0.717, 1.165) is 4.47 Å². The summed E-state index contributed by atoms with van der Waals surface area (Å²) in [4.78, 5) is 23.9. The monoisotopic (exact) mass is 481 g/mol. The smallest absolute Gasteiger partial charge is 0.412 e. The Bertz CT molecular complexity index is 844. The molecular weight excluding hydrogens is 458 g/mol. The highest BCUT2D eigenvalue weighted by Gasteiger charge is 2.36. The number of nitrogens with one attached hydrogen (secondary N) is 1. The number of benzene rings is 2. The number of ether oxygens (including phenoxy) is 2. The normalized spacial score (nSPS) is 12.1. The van der Waals surface area contributed by atoms with E-state index >= 15 is 0 Å². The van der Waals surface area contributed by atoms with Crippen molar-refractivity contribution in [1.29, 1.82) is 0 Å². The minimum atomic E-state index is -0.793. The molecule has 0 heterocycles. The van der Waals surface area contributed by atoms with Gasteiger partial charge in [0.25, 0.3) is 0 Å². The summed E-state index contributed by atoms with van der Waals surface area (Å²) in [5.74, 6) is -0.424. The number of phenols is 1. The predicted molar refractivity (Wildman–Crippen MR) is 118 cm³/mol. The number of esters is 1. The summed E-state index contributed by atoms with van der Waals surface area (Å²) in [6.07, 6.45) is -1.04. The third-order valence-electron chi connectivity index (χ3n) is 4.37. The Kier molecular flexibility index (Phi) is 8.40. The van der Waals surface area contributed by atoms with Crippen molar-refractivity contribution >= 4 is 46.3 Å². The Morgan fingerprint density at radius 1 is 1.21 bits per heavy atom. The van der Waals surface area contributed by atoms with E-state index in [1.807, 2.05) is 19.9 Å². The average Bonchev–Trinajstić information content (AvgIpc) is 2.68. The van der Waals surface area contributed by atoms with E-state index in [-0.39, 0.29) is 18.1 Å². The SMILES string of the molecule is CC(C)(CCOC(=O)CS)[C@H](OC(=O)Nc1ccccc1)c1cc(Br)ccc1O. The summed E-state index contributed by atoms with van der Waals surface area (Å²) < 4.78 is 11.6. The van der Waals surface area contributed by atoms with Gasteiger partial charge >= 0.3 is 12.1 Å². The van der Waals surface area contributed by atoms with E-state index in [1.54, 1.807) is 36.4 Å². The summed E-state index contributed by atoms with van der Waals surface area (Å²) in [5, 5.41) is 13.1. The van der Waals surface area contributed by atoms with E-state index in [4.69, 9.17) is 9.47 Å². The quantitative estimate of drug-likeness (QED) is 0.350. The number of phenolic OH excluding ortho intramolecular Hbond substituents is 1. The molecule has 156 valence electrons. The van der Waals surface area contributed by atoms with Crippen LogP contribution in [0, 0.1) is 5.41 Å². The first kappa shape index (κ1) is 23.1. The zero-order valence-corrected chi connectivity index (χ0v) is 18.7. The second-order valence-corrected chi connectivity index (χ2v) is 8.33. The molecule has 0 aromatic heterocycles. The number of halogens is 1. The first-order valence-corrected chi connectivity index (χ1v) is 10.4. The molecule has 2 aromatic carbocycles. The number of amides is 1. The number of hydrogen-bond donors (Lipinski definition) is 3. The van der Waals surface area contributed by atoms with Gasteiger partial charge in [-0.25, -0.2) is 4.79 Å². The third kappa shape index (κ3) is 6.97. The van der Waals surface area contributed by atoms with Gasteiger partial charge in [0, 0.05) is 21.1 Å². The molecular formula is C21H24BrNO5S. The van der Waals surface area contributed by atoms with Gasteiger partial charge in [-0.2, -0.15) is 12.6 Å². The summed E-state index contributed by atoms with van der Waals surface area (Å²) >= 11 is 7.27. The first-order chi connectivity index (χ1) is 13.7. The molecule has 0 aliphatic carbocycles. The van der Waals surface area contributed by atoms with Crippen LogP contribution in [0.1, 0.15) is 31.9 Å². The number of aromatic hydroxyl groups is 1. The van der Waals surface area contributed by atoms with Gasteiger partial charge in [-0.05, 0) is 36.8 Å². The summed E-state index contributed by atoms with van der Waals surface area (Å²) in [7, 11) is 0. The highest BCUT2D eigenvalue weighted by Crippen LogP contribution is 2.43. The Labute approximate surface area is 184 Å². The van der Waals surface area contributed by atoms with Crippen LogP contribution in [0.3, 0.4) is 0 Å². The molecule has 2 rings (SSSR count). The number of carbonyl (C=O) groups excluding carboxylic acids is 2. The Morgan fingerprint density at radius 3 is 2.55 bits per heavy atom. The number of rotatable bonds is 8. The molecule has 6 nitrogen and oxygen atoms in total. The second kappa shape index (κ2) is 10.5. The van der Waals surface area contributed by atoms with Crippen LogP contribution in [0.15, 0.2) is 53.0 Å². The fraction of sp³-hybridized carbons (Fsp3) is 0.333. The average molecular weight is 482 g/mol. The maximum absolute atomic E-state index is 12.5. The van der Waals surface area contributed by atoms with Crippen LogP contribution >= 0.6 is 28.6 Å². The Balaban J connectivity index is 2.24. The lowest BCUT2D eigenvalue weighted by molar-refractivity contribution is -0.141. The molecule has 0 bridgehead atoms. The van der Waals surface area contributed by atoms with Crippen molar-refractivity contribution in [3.8, 4) is 5.75 Å². The first-order valence-electron chi connectivity index (χ1n) is 9.00. The van der Waals surface area contributed by atoms with Crippen LogP contribution in [-0.2, 0) is 14.3 Å². The molecule has 1 atom stereocenters. The molecule has 0 saturated heterocycles.